The summed E-state index contributed by atoms with van der Waals surface area (Å²) in [4.78, 5) is 16.0. The zero-order valence-corrected chi connectivity index (χ0v) is 13.2. The van der Waals surface area contributed by atoms with E-state index < -0.39 is 0 Å². The third-order valence-corrected chi connectivity index (χ3v) is 3.75. The van der Waals surface area contributed by atoms with Crippen LogP contribution in [0.4, 0.5) is 5.69 Å². The van der Waals surface area contributed by atoms with Crippen LogP contribution >= 0.6 is 0 Å². The summed E-state index contributed by atoms with van der Waals surface area (Å²) in [6.07, 6.45) is 10.3. The molecular formula is C17H25N3O2. The van der Waals surface area contributed by atoms with Crippen LogP contribution in [0.5, 0.6) is 0 Å². The van der Waals surface area contributed by atoms with Gasteiger partial charge in [-0.05, 0) is 44.2 Å². The molecule has 2 N–H and O–H groups in total. The number of anilines is 1. The van der Waals surface area contributed by atoms with Crippen LogP contribution < -0.4 is 10.6 Å². The maximum Gasteiger partial charge on any atom is 0.269 e. The number of aromatic nitrogens is 1. The summed E-state index contributed by atoms with van der Waals surface area (Å²) >= 11 is 0. The lowest BCUT2D eigenvalue weighted by molar-refractivity contribution is 0.0932. The van der Waals surface area contributed by atoms with E-state index in [1.54, 1.807) is 24.9 Å². The van der Waals surface area contributed by atoms with E-state index >= 15 is 0 Å². The summed E-state index contributed by atoms with van der Waals surface area (Å²) in [6, 6.07) is 3.64. The molecule has 0 saturated carbocycles. The van der Waals surface area contributed by atoms with Crippen LogP contribution in [-0.2, 0) is 4.74 Å². The molecule has 1 aliphatic carbocycles. The van der Waals surface area contributed by atoms with Crippen molar-refractivity contribution in [3.8, 4) is 0 Å². The van der Waals surface area contributed by atoms with Crippen molar-refractivity contribution < 1.29 is 9.53 Å². The molecule has 1 aromatic rings. The second-order valence-electron chi connectivity index (χ2n) is 5.47. The van der Waals surface area contributed by atoms with Crippen molar-refractivity contribution in [2.75, 3.05) is 32.1 Å². The summed E-state index contributed by atoms with van der Waals surface area (Å²) in [7, 11) is 1.61. The highest BCUT2D eigenvalue weighted by molar-refractivity contribution is 5.92. The number of nitrogens with one attached hydrogen (secondary N) is 2. The van der Waals surface area contributed by atoms with Gasteiger partial charge in [-0.2, -0.15) is 0 Å². The van der Waals surface area contributed by atoms with E-state index in [0.29, 0.717) is 18.8 Å². The van der Waals surface area contributed by atoms with Gasteiger partial charge in [0.25, 0.3) is 5.91 Å². The molecule has 5 heteroatoms. The lowest BCUT2D eigenvalue weighted by Crippen LogP contribution is -2.27. The van der Waals surface area contributed by atoms with Crippen LogP contribution in [0.25, 0.3) is 0 Å². The molecule has 1 amide bonds. The molecule has 1 aromatic heterocycles. The summed E-state index contributed by atoms with van der Waals surface area (Å²) in [5.74, 6) is -0.170. The van der Waals surface area contributed by atoms with Gasteiger partial charge in [0, 0.05) is 20.2 Å². The monoisotopic (exact) mass is 303 g/mol. The minimum Gasteiger partial charge on any atom is -0.383 e. The number of ether oxygens (including phenoxy) is 1. The predicted octanol–water partition coefficient (Wildman–Crippen LogP) is 2.76. The maximum absolute atomic E-state index is 11.8. The van der Waals surface area contributed by atoms with Crippen molar-refractivity contribution in [3.05, 3.63) is 35.7 Å². The van der Waals surface area contributed by atoms with Crippen LogP contribution in [-0.4, -0.2) is 37.7 Å². The fourth-order valence-corrected chi connectivity index (χ4v) is 2.49. The fourth-order valence-electron chi connectivity index (χ4n) is 2.49. The van der Waals surface area contributed by atoms with Crippen molar-refractivity contribution >= 4 is 11.6 Å². The Kier molecular flexibility index (Phi) is 6.90. The standard InChI is InChI=1S/C17H25N3O2/c1-22-12-11-19-17(21)16-8-7-15(13-20-16)18-10-9-14-5-3-2-4-6-14/h5,7-8,13,18H,2-4,6,9-12H2,1H3,(H,19,21). The molecule has 2 rings (SSSR count). The van der Waals surface area contributed by atoms with E-state index in [1.165, 1.54) is 25.7 Å². The van der Waals surface area contributed by atoms with Crippen LogP contribution in [0.2, 0.25) is 0 Å². The quantitative estimate of drug-likeness (QED) is 0.572. The molecule has 0 saturated heterocycles. The molecule has 0 unspecified atom stereocenters. The van der Waals surface area contributed by atoms with Crippen LogP contribution in [0.3, 0.4) is 0 Å². The van der Waals surface area contributed by atoms with Gasteiger partial charge in [0.15, 0.2) is 0 Å². The number of methoxy groups -OCH3 is 1. The second-order valence-corrected chi connectivity index (χ2v) is 5.47. The van der Waals surface area contributed by atoms with E-state index in [2.05, 4.69) is 21.7 Å². The fraction of sp³-hybridized carbons (Fsp3) is 0.529. The topological polar surface area (TPSA) is 63.2 Å². The van der Waals surface area contributed by atoms with E-state index in [1.807, 2.05) is 6.07 Å². The molecule has 1 aliphatic rings. The van der Waals surface area contributed by atoms with Gasteiger partial charge in [0.1, 0.15) is 5.69 Å². The highest BCUT2D eigenvalue weighted by Crippen LogP contribution is 2.20. The third-order valence-electron chi connectivity index (χ3n) is 3.75. The molecule has 0 aromatic carbocycles. The summed E-state index contributed by atoms with van der Waals surface area (Å²) in [6.45, 7) is 1.90. The normalized spacial score (nSPS) is 14.3. The van der Waals surface area contributed by atoms with Crippen molar-refractivity contribution in [1.82, 2.24) is 10.3 Å². The lowest BCUT2D eigenvalue weighted by atomic mass is 9.97. The predicted molar refractivity (Wildman–Crippen MR) is 88.1 cm³/mol. The number of carbonyl (C=O) groups is 1. The van der Waals surface area contributed by atoms with Crippen molar-refractivity contribution in [2.24, 2.45) is 0 Å². The van der Waals surface area contributed by atoms with Crippen LogP contribution in [0.1, 0.15) is 42.6 Å². The number of carbonyl (C=O) groups excluding carboxylic acids is 1. The molecule has 0 bridgehead atoms. The maximum atomic E-state index is 11.8. The van der Waals surface area contributed by atoms with Gasteiger partial charge in [-0.15, -0.1) is 0 Å². The first-order valence-electron chi connectivity index (χ1n) is 7.94. The van der Waals surface area contributed by atoms with Gasteiger partial charge in [0.2, 0.25) is 0 Å². The van der Waals surface area contributed by atoms with Crippen molar-refractivity contribution in [3.63, 3.8) is 0 Å². The molecule has 22 heavy (non-hydrogen) atoms. The smallest absolute Gasteiger partial charge is 0.269 e. The van der Waals surface area contributed by atoms with Gasteiger partial charge in [0.05, 0.1) is 18.5 Å². The Hall–Kier alpha value is -1.88. The number of rotatable bonds is 8. The summed E-state index contributed by atoms with van der Waals surface area (Å²) in [5.41, 5.74) is 2.93. The zero-order valence-electron chi connectivity index (χ0n) is 13.2. The Morgan fingerprint density at radius 1 is 1.32 bits per heavy atom. The SMILES string of the molecule is COCCNC(=O)c1ccc(NCCC2=CCCCC2)cn1. The van der Waals surface area contributed by atoms with Gasteiger partial charge in [-0.1, -0.05) is 11.6 Å². The molecule has 5 nitrogen and oxygen atoms in total. The summed E-state index contributed by atoms with van der Waals surface area (Å²) in [5, 5.41) is 6.11. The van der Waals surface area contributed by atoms with Crippen molar-refractivity contribution in [1.29, 1.82) is 0 Å². The van der Waals surface area contributed by atoms with Gasteiger partial charge in [-0.3, -0.25) is 4.79 Å². The molecule has 0 fully saturated rings. The molecule has 0 aliphatic heterocycles. The minimum absolute atomic E-state index is 0.170. The molecule has 120 valence electrons. The van der Waals surface area contributed by atoms with Crippen LogP contribution in [0.15, 0.2) is 30.0 Å². The number of pyridine rings is 1. The highest BCUT2D eigenvalue weighted by Gasteiger charge is 2.06. The second kappa shape index (κ2) is 9.20. The van der Waals surface area contributed by atoms with Gasteiger partial charge < -0.3 is 15.4 Å². The Morgan fingerprint density at radius 3 is 2.91 bits per heavy atom. The number of amides is 1. The highest BCUT2D eigenvalue weighted by atomic mass is 16.5. The Bertz CT molecular complexity index is 497. The summed E-state index contributed by atoms with van der Waals surface area (Å²) < 4.78 is 4.89. The van der Waals surface area contributed by atoms with E-state index in [-0.39, 0.29) is 5.91 Å². The molecule has 0 atom stereocenters. The van der Waals surface area contributed by atoms with Crippen LogP contribution in [0, 0.1) is 0 Å². The molecule has 1 heterocycles. The van der Waals surface area contributed by atoms with E-state index in [9.17, 15) is 4.79 Å². The number of nitrogens with zero attached hydrogens (tertiary/aromatic N) is 1. The number of hydrogen-bond donors (Lipinski definition) is 2. The Labute approximate surface area is 132 Å². The molecule has 0 spiro atoms. The molecule has 0 radical (unpaired) electrons. The average Bonchev–Trinajstić information content (AvgIpc) is 2.56. The first-order chi connectivity index (χ1) is 10.8. The largest absolute Gasteiger partial charge is 0.383 e. The van der Waals surface area contributed by atoms with E-state index in [4.69, 9.17) is 4.74 Å². The third kappa shape index (κ3) is 5.48. The van der Waals surface area contributed by atoms with Crippen molar-refractivity contribution in [2.45, 2.75) is 32.1 Å². The number of hydrogen-bond acceptors (Lipinski definition) is 4. The molecular weight excluding hydrogens is 278 g/mol. The Morgan fingerprint density at radius 2 is 2.23 bits per heavy atom. The first-order valence-corrected chi connectivity index (χ1v) is 7.94. The van der Waals surface area contributed by atoms with Gasteiger partial charge in [-0.25, -0.2) is 4.98 Å². The minimum atomic E-state index is -0.170. The lowest BCUT2D eigenvalue weighted by Gasteiger charge is -2.13. The van der Waals surface area contributed by atoms with Gasteiger partial charge >= 0.3 is 0 Å². The zero-order chi connectivity index (χ0) is 15.6. The average molecular weight is 303 g/mol. The first kappa shape index (κ1) is 16.5. The Balaban J connectivity index is 1.74. The van der Waals surface area contributed by atoms with E-state index in [0.717, 1.165) is 18.7 Å². The number of allylic oxidation sites excluding steroid dienone is 1.